The summed E-state index contributed by atoms with van der Waals surface area (Å²) < 4.78 is 5.65. The van der Waals surface area contributed by atoms with Crippen molar-refractivity contribution in [2.75, 3.05) is 43.6 Å². The lowest BCUT2D eigenvalue weighted by molar-refractivity contribution is 0.0983. The molecule has 166 valence electrons. The highest BCUT2D eigenvalue weighted by Crippen LogP contribution is 2.31. The summed E-state index contributed by atoms with van der Waals surface area (Å²) in [7, 11) is 2.12. The fourth-order valence-electron chi connectivity index (χ4n) is 4.21. The summed E-state index contributed by atoms with van der Waals surface area (Å²) in [5, 5.41) is 3.11. The second kappa shape index (κ2) is 8.68. The highest BCUT2D eigenvalue weighted by Gasteiger charge is 2.28. The number of pyridine rings is 2. The number of nitrogens with one attached hydrogen (secondary N) is 2. The molecule has 9 nitrogen and oxygen atoms in total. The summed E-state index contributed by atoms with van der Waals surface area (Å²) in [6.45, 7) is 6.24. The number of ether oxygens (including phenoxy) is 1. The van der Waals surface area contributed by atoms with E-state index in [4.69, 9.17) is 14.7 Å². The number of H-pyrrole nitrogens is 1. The van der Waals surface area contributed by atoms with Crippen molar-refractivity contribution in [2.45, 2.75) is 25.9 Å². The first kappa shape index (κ1) is 20.6. The second-order valence-electron chi connectivity index (χ2n) is 8.39. The van der Waals surface area contributed by atoms with Crippen LogP contribution in [0.25, 0.3) is 11.4 Å². The van der Waals surface area contributed by atoms with Gasteiger partial charge in [0.15, 0.2) is 5.82 Å². The summed E-state index contributed by atoms with van der Waals surface area (Å²) in [5.41, 5.74) is 3.03. The molecule has 0 saturated carbocycles. The summed E-state index contributed by atoms with van der Waals surface area (Å²) in [5.74, 6) is 2.93. The molecule has 0 unspecified atom stereocenters. The van der Waals surface area contributed by atoms with E-state index >= 15 is 0 Å². The number of anilines is 3. The number of aromatic nitrogens is 4. The van der Waals surface area contributed by atoms with Crippen molar-refractivity contribution in [1.82, 2.24) is 24.8 Å². The zero-order valence-electron chi connectivity index (χ0n) is 18.3. The maximum absolute atomic E-state index is 11.5. The van der Waals surface area contributed by atoms with Crippen molar-refractivity contribution in [3.05, 3.63) is 58.1 Å². The number of aromatic amines is 1. The molecular weight excluding hydrogens is 406 g/mol. The lowest BCUT2D eigenvalue weighted by Crippen LogP contribution is -2.45. The van der Waals surface area contributed by atoms with Crippen molar-refractivity contribution < 1.29 is 4.74 Å². The molecule has 3 aromatic heterocycles. The maximum atomic E-state index is 11.5. The second-order valence-corrected chi connectivity index (χ2v) is 8.39. The van der Waals surface area contributed by atoms with Crippen LogP contribution in [0.2, 0.25) is 0 Å². The van der Waals surface area contributed by atoms with Gasteiger partial charge in [0.25, 0.3) is 0 Å². The topological polar surface area (TPSA) is 99.3 Å². The Bertz CT molecular complexity index is 1160. The van der Waals surface area contributed by atoms with E-state index in [0.717, 1.165) is 43.1 Å². The number of fused-ring (bicyclic) bond motifs is 1. The molecule has 5 rings (SSSR count). The monoisotopic (exact) mass is 433 g/mol. The molecular formula is C23H27N7O2. The number of hydrogen-bond donors (Lipinski definition) is 2. The average molecular weight is 434 g/mol. The van der Waals surface area contributed by atoms with Crippen LogP contribution in [-0.2, 0) is 17.7 Å². The molecule has 1 saturated heterocycles. The minimum absolute atomic E-state index is 0.163. The van der Waals surface area contributed by atoms with Crippen molar-refractivity contribution in [3.8, 4) is 11.4 Å². The Kier molecular flexibility index (Phi) is 5.59. The third-order valence-electron chi connectivity index (χ3n) is 5.93. The van der Waals surface area contributed by atoms with E-state index in [9.17, 15) is 4.79 Å². The van der Waals surface area contributed by atoms with Gasteiger partial charge in [-0.05, 0) is 38.6 Å². The summed E-state index contributed by atoms with van der Waals surface area (Å²) in [6.07, 6.45) is 2.71. The maximum Gasteiger partial charge on any atom is 0.249 e. The molecule has 0 aliphatic carbocycles. The van der Waals surface area contributed by atoms with E-state index in [0.29, 0.717) is 30.7 Å². The molecule has 9 heteroatoms. The van der Waals surface area contributed by atoms with Gasteiger partial charge in [0.05, 0.1) is 24.9 Å². The molecule has 1 fully saturated rings. The minimum atomic E-state index is -0.163. The van der Waals surface area contributed by atoms with Gasteiger partial charge in [-0.2, -0.15) is 0 Å². The van der Waals surface area contributed by atoms with Gasteiger partial charge in [-0.15, -0.1) is 0 Å². The van der Waals surface area contributed by atoms with Crippen LogP contribution >= 0.6 is 0 Å². The number of likely N-dealkylation sites (N-methyl/N-ethyl adjacent to an activating group) is 1. The van der Waals surface area contributed by atoms with Crippen LogP contribution in [0.1, 0.15) is 18.2 Å². The Morgan fingerprint density at radius 2 is 2.09 bits per heavy atom. The van der Waals surface area contributed by atoms with E-state index in [1.54, 1.807) is 18.3 Å². The Hall–Kier alpha value is -3.30. The Morgan fingerprint density at radius 1 is 1.19 bits per heavy atom. The Balaban J connectivity index is 1.48. The average Bonchev–Trinajstić information content (AvgIpc) is 2.79. The fourth-order valence-corrected chi connectivity index (χ4v) is 4.21. The number of rotatable bonds is 4. The predicted molar refractivity (Wildman–Crippen MR) is 123 cm³/mol. The van der Waals surface area contributed by atoms with Gasteiger partial charge in [0.1, 0.15) is 17.5 Å². The number of nitrogens with zero attached hydrogens (tertiary/aromatic N) is 5. The van der Waals surface area contributed by atoms with Crippen molar-refractivity contribution >= 4 is 17.5 Å². The van der Waals surface area contributed by atoms with Crippen LogP contribution in [0, 0.1) is 0 Å². The zero-order chi connectivity index (χ0) is 22.1. The van der Waals surface area contributed by atoms with Crippen LogP contribution < -0.4 is 15.8 Å². The molecule has 0 amide bonds. The van der Waals surface area contributed by atoms with Crippen LogP contribution in [0.15, 0.2) is 41.3 Å². The molecule has 3 aromatic rings. The molecule has 2 aliphatic rings. The van der Waals surface area contributed by atoms with Gasteiger partial charge >= 0.3 is 0 Å². The number of morpholine rings is 1. The van der Waals surface area contributed by atoms with E-state index in [-0.39, 0.29) is 11.6 Å². The van der Waals surface area contributed by atoms with Crippen molar-refractivity contribution in [3.63, 3.8) is 0 Å². The smallest absolute Gasteiger partial charge is 0.249 e. The largest absolute Gasteiger partial charge is 0.377 e. The zero-order valence-corrected chi connectivity index (χ0v) is 18.3. The van der Waals surface area contributed by atoms with E-state index in [1.807, 2.05) is 12.1 Å². The third kappa shape index (κ3) is 4.21. The van der Waals surface area contributed by atoms with Gasteiger partial charge in [0.2, 0.25) is 5.56 Å². The summed E-state index contributed by atoms with van der Waals surface area (Å²) in [6, 6.07) is 9.05. The van der Waals surface area contributed by atoms with E-state index in [2.05, 4.69) is 39.1 Å². The van der Waals surface area contributed by atoms with Crippen molar-refractivity contribution in [1.29, 1.82) is 0 Å². The van der Waals surface area contributed by atoms with Crippen LogP contribution in [-0.4, -0.2) is 64.2 Å². The van der Waals surface area contributed by atoms with Gasteiger partial charge < -0.3 is 24.8 Å². The normalized spacial score (nSPS) is 18.9. The first-order chi connectivity index (χ1) is 15.6. The summed E-state index contributed by atoms with van der Waals surface area (Å²) >= 11 is 0. The quantitative estimate of drug-likeness (QED) is 0.646. The van der Waals surface area contributed by atoms with Crippen LogP contribution in [0.3, 0.4) is 0 Å². The van der Waals surface area contributed by atoms with Gasteiger partial charge in [-0.25, -0.2) is 15.0 Å². The SMILES string of the molecule is C[C@H]1COCCN1c1nc(-c2ccc(Nc3cccc(=O)[nH]3)nc2)nc2c1CCN(C)C2. The summed E-state index contributed by atoms with van der Waals surface area (Å²) in [4.78, 5) is 33.3. The van der Waals surface area contributed by atoms with Gasteiger partial charge in [-0.1, -0.05) is 6.07 Å². The highest BCUT2D eigenvalue weighted by molar-refractivity contribution is 5.63. The van der Waals surface area contributed by atoms with Crippen molar-refractivity contribution in [2.24, 2.45) is 0 Å². The van der Waals surface area contributed by atoms with Crippen LogP contribution in [0.5, 0.6) is 0 Å². The predicted octanol–water partition coefficient (Wildman–Crippen LogP) is 2.18. The molecule has 0 radical (unpaired) electrons. The van der Waals surface area contributed by atoms with E-state index < -0.39 is 0 Å². The Morgan fingerprint density at radius 3 is 2.88 bits per heavy atom. The van der Waals surface area contributed by atoms with Crippen LogP contribution in [0.4, 0.5) is 17.5 Å². The van der Waals surface area contributed by atoms with Gasteiger partial charge in [0, 0.05) is 43.0 Å². The third-order valence-corrected chi connectivity index (χ3v) is 5.93. The first-order valence-electron chi connectivity index (χ1n) is 10.9. The van der Waals surface area contributed by atoms with Gasteiger partial charge in [-0.3, -0.25) is 4.79 Å². The lowest BCUT2D eigenvalue weighted by atomic mass is 10.0. The lowest BCUT2D eigenvalue weighted by Gasteiger charge is -2.37. The first-order valence-corrected chi connectivity index (χ1v) is 10.9. The Labute approximate surface area is 186 Å². The molecule has 2 aliphatic heterocycles. The molecule has 0 spiro atoms. The molecule has 0 aromatic carbocycles. The molecule has 5 heterocycles. The number of hydrogen-bond acceptors (Lipinski definition) is 8. The molecule has 32 heavy (non-hydrogen) atoms. The molecule has 2 N–H and O–H groups in total. The molecule has 0 bridgehead atoms. The highest BCUT2D eigenvalue weighted by atomic mass is 16.5. The standard InChI is InChI=1S/C23H27N7O2/c1-15-14-32-11-10-30(15)23-17-8-9-29(2)13-18(17)25-22(28-23)16-6-7-19(24-12-16)26-20-4-3-5-21(31)27-20/h3-7,12,15H,8-11,13-14H2,1-2H3,(H2,24,26,27,31)/t15-/m0/s1. The fraction of sp³-hybridized carbons (Fsp3) is 0.391. The minimum Gasteiger partial charge on any atom is -0.377 e. The molecule has 1 atom stereocenters. The van der Waals surface area contributed by atoms with E-state index in [1.165, 1.54) is 11.6 Å².